The van der Waals surface area contributed by atoms with E-state index in [1.165, 1.54) is 17.0 Å². The van der Waals surface area contributed by atoms with Gasteiger partial charge in [-0.05, 0) is 23.3 Å². The van der Waals surface area contributed by atoms with Crippen LogP contribution in [0.3, 0.4) is 0 Å². The van der Waals surface area contributed by atoms with E-state index in [0.717, 1.165) is 0 Å². The van der Waals surface area contributed by atoms with E-state index in [1.807, 2.05) is 6.07 Å². The molecule has 1 aliphatic heterocycles. The van der Waals surface area contributed by atoms with Gasteiger partial charge in [-0.2, -0.15) is 0 Å². The van der Waals surface area contributed by atoms with Gasteiger partial charge in [-0.15, -0.1) is 0 Å². The Kier molecular flexibility index (Phi) is 2.83. The van der Waals surface area contributed by atoms with Crippen LogP contribution in [0.4, 0.5) is 11.4 Å². The normalized spacial score (nSPS) is 13.5. The number of hydrogen-bond donors (Lipinski definition) is 0. The van der Waals surface area contributed by atoms with Gasteiger partial charge < -0.3 is 4.90 Å². The molecule has 0 radical (unpaired) electrons. The SMILES string of the molecule is C=C1c2ccccc2C(=O)N(C)c2ccc([N+](=O)[O-])cc21. The summed E-state index contributed by atoms with van der Waals surface area (Å²) in [6.07, 6.45) is 0. The van der Waals surface area contributed by atoms with Crippen molar-refractivity contribution >= 4 is 22.9 Å². The summed E-state index contributed by atoms with van der Waals surface area (Å²) in [4.78, 5) is 24.5. The molecule has 3 rings (SSSR count). The second kappa shape index (κ2) is 4.56. The van der Waals surface area contributed by atoms with Gasteiger partial charge in [-0.25, -0.2) is 0 Å². The van der Waals surface area contributed by atoms with Crippen LogP contribution in [0.15, 0.2) is 49.0 Å². The van der Waals surface area contributed by atoms with E-state index in [4.69, 9.17) is 0 Å². The van der Waals surface area contributed by atoms with Crippen molar-refractivity contribution in [1.29, 1.82) is 0 Å². The number of benzene rings is 2. The number of rotatable bonds is 1. The molecule has 21 heavy (non-hydrogen) atoms. The van der Waals surface area contributed by atoms with Gasteiger partial charge in [0.2, 0.25) is 0 Å². The highest BCUT2D eigenvalue weighted by atomic mass is 16.6. The Labute approximate surface area is 121 Å². The first kappa shape index (κ1) is 13.1. The third-order valence-electron chi connectivity index (χ3n) is 3.66. The second-order valence-corrected chi connectivity index (χ2v) is 4.85. The van der Waals surface area contributed by atoms with Crippen LogP contribution in [0, 0.1) is 10.1 Å². The van der Waals surface area contributed by atoms with E-state index in [1.54, 1.807) is 31.3 Å². The van der Waals surface area contributed by atoms with Crippen molar-refractivity contribution in [2.75, 3.05) is 11.9 Å². The molecule has 5 heteroatoms. The van der Waals surface area contributed by atoms with E-state index in [9.17, 15) is 14.9 Å². The van der Waals surface area contributed by atoms with Crippen LogP contribution in [0.5, 0.6) is 0 Å². The number of non-ortho nitro benzene ring substituents is 1. The average Bonchev–Trinajstić information content (AvgIpc) is 2.58. The third kappa shape index (κ3) is 1.90. The molecule has 0 spiro atoms. The fourth-order valence-electron chi connectivity index (χ4n) is 2.54. The van der Waals surface area contributed by atoms with Crippen molar-refractivity contribution in [2.24, 2.45) is 0 Å². The lowest BCUT2D eigenvalue weighted by Crippen LogP contribution is -2.26. The first-order valence-corrected chi connectivity index (χ1v) is 6.36. The topological polar surface area (TPSA) is 63.5 Å². The standard InChI is InChI=1S/C16H12N2O3/c1-10-12-5-3-4-6-13(12)16(19)17(2)15-8-7-11(18(20)21)9-14(10)15/h3-9H,1H2,2H3. The summed E-state index contributed by atoms with van der Waals surface area (Å²) in [6.45, 7) is 4.02. The number of nitro groups is 1. The highest BCUT2D eigenvalue weighted by Gasteiger charge is 2.27. The first-order chi connectivity index (χ1) is 10.0. The Morgan fingerprint density at radius 2 is 1.76 bits per heavy atom. The minimum atomic E-state index is -0.452. The lowest BCUT2D eigenvalue weighted by molar-refractivity contribution is -0.384. The second-order valence-electron chi connectivity index (χ2n) is 4.85. The van der Waals surface area contributed by atoms with E-state index < -0.39 is 4.92 Å². The predicted molar refractivity (Wildman–Crippen MR) is 80.4 cm³/mol. The largest absolute Gasteiger partial charge is 0.311 e. The van der Waals surface area contributed by atoms with Crippen molar-refractivity contribution in [3.8, 4) is 0 Å². The Morgan fingerprint density at radius 1 is 1.10 bits per heavy atom. The molecule has 0 unspecified atom stereocenters. The maximum absolute atomic E-state index is 12.5. The number of nitro benzene ring substituents is 1. The quantitative estimate of drug-likeness (QED) is 0.595. The van der Waals surface area contributed by atoms with Crippen molar-refractivity contribution < 1.29 is 9.72 Å². The average molecular weight is 280 g/mol. The van der Waals surface area contributed by atoms with E-state index in [2.05, 4.69) is 6.58 Å². The minimum absolute atomic E-state index is 0.0184. The highest BCUT2D eigenvalue weighted by Crippen LogP contribution is 2.38. The monoisotopic (exact) mass is 280 g/mol. The summed E-state index contributed by atoms with van der Waals surface area (Å²) >= 11 is 0. The first-order valence-electron chi connectivity index (χ1n) is 6.36. The molecule has 2 aromatic rings. The number of anilines is 1. The molecule has 104 valence electrons. The molecule has 1 aliphatic rings. The number of hydrogen-bond acceptors (Lipinski definition) is 3. The van der Waals surface area contributed by atoms with E-state index in [0.29, 0.717) is 28.0 Å². The van der Waals surface area contributed by atoms with Crippen molar-refractivity contribution in [2.45, 2.75) is 0 Å². The lowest BCUT2D eigenvalue weighted by atomic mass is 9.95. The Morgan fingerprint density at radius 3 is 2.43 bits per heavy atom. The molecule has 0 aliphatic carbocycles. The van der Waals surface area contributed by atoms with Gasteiger partial charge in [0.1, 0.15) is 0 Å². The maximum atomic E-state index is 12.5. The summed E-state index contributed by atoms with van der Waals surface area (Å²) in [5.41, 5.74) is 3.06. The van der Waals surface area contributed by atoms with Crippen LogP contribution in [0.2, 0.25) is 0 Å². The zero-order valence-corrected chi connectivity index (χ0v) is 11.4. The Hall–Kier alpha value is -2.95. The van der Waals surface area contributed by atoms with Crippen LogP contribution < -0.4 is 4.90 Å². The number of amides is 1. The predicted octanol–water partition coefficient (Wildman–Crippen LogP) is 3.25. The van der Waals surface area contributed by atoms with E-state index in [-0.39, 0.29) is 11.6 Å². The summed E-state index contributed by atoms with van der Waals surface area (Å²) in [7, 11) is 1.66. The minimum Gasteiger partial charge on any atom is -0.311 e. The summed E-state index contributed by atoms with van der Waals surface area (Å²) in [6, 6.07) is 11.6. The highest BCUT2D eigenvalue weighted by molar-refractivity contribution is 6.13. The van der Waals surface area contributed by atoms with Gasteiger partial charge in [0, 0.05) is 30.3 Å². The fourth-order valence-corrected chi connectivity index (χ4v) is 2.54. The van der Waals surface area contributed by atoms with Crippen LogP contribution in [0.1, 0.15) is 21.5 Å². The molecule has 1 heterocycles. The van der Waals surface area contributed by atoms with Gasteiger partial charge in [0.25, 0.3) is 11.6 Å². The van der Waals surface area contributed by atoms with Crippen LogP contribution in [-0.4, -0.2) is 17.9 Å². The molecule has 0 N–H and O–H groups in total. The molecule has 0 saturated carbocycles. The molecule has 1 amide bonds. The van der Waals surface area contributed by atoms with Gasteiger partial charge in [-0.3, -0.25) is 14.9 Å². The molecular formula is C16H12N2O3. The summed E-state index contributed by atoms with van der Waals surface area (Å²) in [5, 5.41) is 11.0. The fraction of sp³-hybridized carbons (Fsp3) is 0.0625. The third-order valence-corrected chi connectivity index (χ3v) is 3.66. The van der Waals surface area contributed by atoms with Crippen LogP contribution in [-0.2, 0) is 0 Å². The number of carbonyl (C=O) groups is 1. The van der Waals surface area contributed by atoms with Crippen molar-refractivity contribution in [3.05, 3.63) is 75.8 Å². The Bertz CT molecular complexity index is 796. The molecule has 0 aromatic heterocycles. The van der Waals surface area contributed by atoms with Gasteiger partial charge in [0.05, 0.1) is 10.6 Å². The molecular weight excluding hydrogens is 268 g/mol. The summed E-state index contributed by atoms with van der Waals surface area (Å²) in [5.74, 6) is -0.153. The zero-order chi connectivity index (χ0) is 15.1. The smallest absolute Gasteiger partial charge is 0.270 e. The van der Waals surface area contributed by atoms with Crippen molar-refractivity contribution in [3.63, 3.8) is 0 Å². The molecule has 0 saturated heterocycles. The molecule has 0 fully saturated rings. The van der Waals surface area contributed by atoms with Crippen LogP contribution >= 0.6 is 0 Å². The Balaban J connectivity index is 2.31. The molecule has 2 aromatic carbocycles. The van der Waals surface area contributed by atoms with Crippen LogP contribution in [0.25, 0.3) is 5.57 Å². The van der Waals surface area contributed by atoms with Gasteiger partial charge in [-0.1, -0.05) is 24.8 Å². The number of carbonyl (C=O) groups excluding carboxylic acids is 1. The van der Waals surface area contributed by atoms with Crippen molar-refractivity contribution in [1.82, 2.24) is 0 Å². The molecule has 5 nitrogen and oxygen atoms in total. The number of nitrogens with zero attached hydrogens (tertiary/aromatic N) is 2. The van der Waals surface area contributed by atoms with E-state index >= 15 is 0 Å². The zero-order valence-electron chi connectivity index (χ0n) is 11.4. The lowest BCUT2D eigenvalue weighted by Gasteiger charge is -2.17. The molecule has 0 atom stereocenters. The summed E-state index contributed by atoms with van der Waals surface area (Å²) < 4.78 is 0. The van der Waals surface area contributed by atoms with Gasteiger partial charge >= 0.3 is 0 Å². The van der Waals surface area contributed by atoms with Gasteiger partial charge in [0.15, 0.2) is 0 Å². The number of fused-ring (bicyclic) bond motifs is 2. The maximum Gasteiger partial charge on any atom is 0.270 e. The molecule has 0 bridgehead atoms.